The second-order valence-electron chi connectivity index (χ2n) is 17.2. The van der Waals surface area contributed by atoms with Crippen LogP contribution in [0.1, 0.15) is 79.1 Å². The largest absolute Gasteiger partial charge is 0.462 e. The second-order valence-corrected chi connectivity index (χ2v) is 17.2. The molecule has 19 atom stereocenters. The Bertz CT molecular complexity index is 1410. The summed E-state index contributed by atoms with van der Waals surface area (Å²) < 4.78 is 41.3. The molecule has 15 nitrogen and oxygen atoms in total. The van der Waals surface area contributed by atoms with Crippen LogP contribution in [-0.2, 0) is 42.7 Å². The summed E-state index contributed by atoms with van der Waals surface area (Å²) in [6, 6.07) is 0. The van der Waals surface area contributed by atoms with Crippen LogP contribution in [0.5, 0.6) is 0 Å². The molecule has 0 aromatic carbocycles. The van der Waals surface area contributed by atoms with Crippen molar-refractivity contribution in [2.75, 3.05) is 20.3 Å². The van der Waals surface area contributed by atoms with E-state index in [2.05, 4.69) is 13.8 Å². The predicted octanol–water partition coefficient (Wildman–Crippen LogP) is 0.476. The molecule has 0 radical (unpaired) electrons. The van der Waals surface area contributed by atoms with Crippen LogP contribution in [0, 0.1) is 34.5 Å². The third-order valence-corrected chi connectivity index (χ3v) is 14.8. The van der Waals surface area contributed by atoms with Crippen LogP contribution in [0.15, 0.2) is 11.6 Å². The van der Waals surface area contributed by atoms with Crippen molar-refractivity contribution in [2.24, 2.45) is 34.5 Å². The molecule has 7 rings (SSSR count). The van der Waals surface area contributed by atoms with Crippen molar-refractivity contribution < 1.29 is 73.4 Å². The standard InChI is InChI=1S/C38H58O15/c1-17-32(53-34-30(44)29(43)28(42)25(15-39)52-34)33(47-5)31(45)35(49-17)51-21-13-20-6-7-24-23(37(20,4)26(14-21)50-18(2)40)8-10-36(3)22(9-11-38(24,36)46)19-12-27(41)48-16-19/h12,17,20-26,28-35,39,42-46H,6-11,13-16H2,1-5H3/t17-,20+,21+,22+,23-,24+,25+,26+,28+,29-,30+,31-,32?,33-,34-,35?,36+,37-,38-/m0/s1. The molecule has 53 heavy (non-hydrogen) atoms. The third kappa shape index (κ3) is 6.39. The van der Waals surface area contributed by atoms with Gasteiger partial charge in [0.1, 0.15) is 55.4 Å². The molecule has 0 amide bonds. The maximum atomic E-state index is 12.7. The van der Waals surface area contributed by atoms with Gasteiger partial charge in [0, 0.05) is 37.4 Å². The molecule has 4 saturated carbocycles. The normalized spacial score (nSPS) is 52.5. The van der Waals surface area contributed by atoms with Gasteiger partial charge in [-0.3, -0.25) is 4.79 Å². The van der Waals surface area contributed by atoms with E-state index in [1.807, 2.05) is 0 Å². The van der Waals surface area contributed by atoms with E-state index in [0.29, 0.717) is 19.3 Å². The number of cyclic esters (lactones) is 1. The van der Waals surface area contributed by atoms with E-state index in [0.717, 1.165) is 37.7 Å². The van der Waals surface area contributed by atoms with Gasteiger partial charge < -0.3 is 63.8 Å². The number of methoxy groups -OCH3 is 1. The van der Waals surface area contributed by atoms with Gasteiger partial charge in [-0.05, 0) is 81.1 Å². The van der Waals surface area contributed by atoms with Crippen molar-refractivity contribution in [2.45, 2.75) is 158 Å². The smallest absolute Gasteiger partial charge is 0.331 e. The van der Waals surface area contributed by atoms with Crippen molar-refractivity contribution in [3.63, 3.8) is 0 Å². The second kappa shape index (κ2) is 14.6. The van der Waals surface area contributed by atoms with Gasteiger partial charge >= 0.3 is 11.9 Å². The van der Waals surface area contributed by atoms with Crippen LogP contribution in [0.25, 0.3) is 0 Å². The Morgan fingerprint density at radius 2 is 1.64 bits per heavy atom. The molecule has 2 unspecified atom stereocenters. The number of hydrogen-bond acceptors (Lipinski definition) is 15. The molecule has 6 fully saturated rings. The number of aliphatic hydroxyl groups excluding tert-OH is 5. The van der Waals surface area contributed by atoms with Crippen LogP contribution in [0.3, 0.4) is 0 Å². The Labute approximate surface area is 309 Å². The molecular formula is C38H58O15. The number of esters is 2. The molecule has 7 aliphatic rings. The average Bonchev–Trinajstić information content (AvgIpc) is 3.66. The van der Waals surface area contributed by atoms with E-state index >= 15 is 0 Å². The van der Waals surface area contributed by atoms with Gasteiger partial charge in [-0.25, -0.2) is 4.79 Å². The van der Waals surface area contributed by atoms with Crippen molar-refractivity contribution in [3.8, 4) is 0 Å². The van der Waals surface area contributed by atoms with Crippen molar-refractivity contribution in [3.05, 3.63) is 11.6 Å². The quantitative estimate of drug-likeness (QED) is 0.147. The number of rotatable bonds is 8. The Kier molecular flexibility index (Phi) is 10.9. The zero-order valence-corrected chi connectivity index (χ0v) is 31.2. The summed E-state index contributed by atoms with van der Waals surface area (Å²) in [5.74, 6) is -0.460. The lowest BCUT2D eigenvalue weighted by Crippen LogP contribution is -2.66. The Morgan fingerprint density at radius 3 is 2.30 bits per heavy atom. The molecule has 15 heteroatoms. The lowest BCUT2D eigenvalue weighted by molar-refractivity contribution is -0.363. The SMILES string of the molecule is CO[C@@H]1C(O[C@@H]2O[C@H](CO)[C@@H](O)[C@H](O)[C@H]2O)[C@H](C)OC(O[C@@H]2C[C@H]3CC[C@@H]4[C@H](CC[C@]5(C)[C@@H](C6=CC(=O)OC6)CC[C@]45O)[C@@]3(C)[C@H](OC(C)=O)C2)[C@H]1O. The van der Waals surface area contributed by atoms with Gasteiger partial charge in [0.25, 0.3) is 0 Å². The van der Waals surface area contributed by atoms with E-state index in [1.54, 1.807) is 13.0 Å². The number of fused-ring (bicyclic) bond motifs is 5. The molecule has 2 saturated heterocycles. The highest BCUT2D eigenvalue weighted by molar-refractivity contribution is 5.85. The lowest BCUT2D eigenvalue weighted by Gasteiger charge is -2.65. The minimum absolute atomic E-state index is 0.00547. The zero-order chi connectivity index (χ0) is 38.2. The first-order valence-electron chi connectivity index (χ1n) is 19.3. The number of ether oxygens (including phenoxy) is 7. The molecular weight excluding hydrogens is 696 g/mol. The van der Waals surface area contributed by atoms with Crippen LogP contribution in [0.2, 0.25) is 0 Å². The molecule has 0 spiro atoms. The van der Waals surface area contributed by atoms with Gasteiger partial charge in [0.05, 0.1) is 24.4 Å². The van der Waals surface area contributed by atoms with E-state index in [-0.39, 0.29) is 36.2 Å². The Balaban J connectivity index is 1.06. The molecule has 0 aromatic rings. The summed E-state index contributed by atoms with van der Waals surface area (Å²) in [5.41, 5.74) is -0.795. The maximum absolute atomic E-state index is 12.7. The van der Waals surface area contributed by atoms with Gasteiger partial charge in [-0.1, -0.05) is 13.8 Å². The molecule has 3 heterocycles. The third-order valence-electron chi connectivity index (χ3n) is 14.8. The molecule has 4 aliphatic carbocycles. The summed E-state index contributed by atoms with van der Waals surface area (Å²) in [7, 11) is 1.39. The lowest BCUT2D eigenvalue weighted by atomic mass is 9.42. The Morgan fingerprint density at radius 1 is 0.906 bits per heavy atom. The Hall–Kier alpha value is -1.76. The molecule has 6 N–H and O–H groups in total. The van der Waals surface area contributed by atoms with E-state index in [9.17, 15) is 40.2 Å². The fraction of sp³-hybridized carbons (Fsp3) is 0.895. The van der Waals surface area contributed by atoms with E-state index in [4.69, 9.17) is 33.2 Å². The maximum Gasteiger partial charge on any atom is 0.331 e. The van der Waals surface area contributed by atoms with Crippen molar-refractivity contribution in [1.82, 2.24) is 0 Å². The highest BCUT2D eigenvalue weighted by Crippen LogP contribution is 2.70. The van der Waals surface area contributed by atoms with E-state index < -0.39 is 103 Å². The van der Waals surface area contributed by atoms with Gasteiger partial charge in [0.15, 0.2) is 12.6 Å². The molecule has 300 valence electrons. The number of carbonyl (C=O) groups is 2. The van der Waals surface area contributed by atoms with Crippen LogP contribution in [-0.4, -0.2) is 142 Å². The molecule has 0 aromatic heterocycles. The first-order valence-corrected chi connectivity index (χ1v) is 19.3. The minimum atomic E-state index is -1.65. The highest BCUT2D eigenvalue weighted by atomic mass is 16.7. The van der Waals surface area contributed by atoms with Crippen LogP contribution >= 0.6 is 0 Å². The fourth-order valence-electron chi connectivity index (χ4n) is 12.0. The summed E-state index contributed by atoms with van der Waals surface area (Å²) in [6.45, 7) is 7.14. The average molecular weight is 755 g/mol. The predicted molar refractivity (Wildman–Crippen MR) is 181 cm³/mol. The first kappa shape index (κ1) is 39.5. The van der Waals surface area contributed by atoms with Gasteiger partial charge in [0.2, 0.25) is 0 Å². The zero-order valence-electron chi connectivity index (χ0n) is 31.2. The van der Waals surface area contributed by atoms with Gasteiger partial charge in [-0.15, -0.1) is 0 Å². The van der Waals surface area contributed by atoms with Crippen molar-refractivity contribution >= 4 is 11.9 Å². The van der Waals surface area contributed by atoms with E-state index in [1.165, 1.54) is 14.0 Å². The summed E-state index contributed by atoms with van der Waals surface area (Å²) in [4.78, 5) is 24.6. The number of aliphatic hydroxyl groups is 6. The molecule has 3 aliphatic heterocycles. The monoisotopic (exact) mass is 754 g/mol. The summed E-state index contributed by atoms with van der Waals surface area (Å²) >= 11 is 0. The topological polar surface area (TPSA) is 220 Å². The number of carbonyl (C=O) groups excluding carboxylic acids is 2. The van der Waals surface area contributed by atoms with Crippen LogP contribution < -0.4 is 0 Å². The molecule has 0 bridgehead atoms. The summed E-state index contributed by atoms with van der Waals surface area (Å²) in [5, 5.41) is 64.8. The fourth-order valence-corrected chi connectivity index (χ4v) is 12.0. The van der Waals surface area contributed by atoms with Gasteiger partial charge in [-0.2, -0.15) is 0 Å². The summed E-state index contributed by atoms with van der Waals surface area (Å²) in [6.07, 6.45) is -6.41. The first-order chi connectivity index (χ1) is 25.1. The van der Waals surface area contributed by atoms with Crippen molar-refractivity contribution in [1.29, 1.82) is 0 Å². The number of hydrogen-bond donors (Lipinski definition) is 6. The minimum Gasteiger partial charge on any atom is -0.462 e. The highest BCUT2D eigenvalue weighted by Gasteiger charge is 2.69. The van der Waals surface area contributed by atoms with Crippen LogP contribution in [0.4, 0.5) is 0 Å².